The molecule has 0 bridgehead atoms. The van der Waals surface area contributed by atoms with Crippen LogP contribution in [-0.2, 0) is 0 Å². The lowest BCUT2D eigenvalue weighted by Crippen LogP contribution is -1.93. The molecule has 0 atom stereocenters. The van der Waals surface area contributed by atoms with Crippen molar-refractivity contribution in [1.82, 2.24) is 0 Å². The minimum atomic E-state index is 0.909. The predicted molar refractivity (Wildman–Crippen MR) is 208 cm³/mol. The molecule has 0 spiro atoms. The van der Waals surface area contributed by atoms with E-state index >= 15 is 0 Å². The molecular weight excluding hydrogens is 593 g/mol. The molecule has 10 rings (SSSR count). The molecule has 0 radical (unpaired) electrons. The summed E-state index contributed by atoms with van der Waals surface area (Å²) in [6, 6.07) is 65.7. The van der Waals surface area contributed by atoms with Crippen LogP contribution in [0.1, 0.15) is 0 Å². The van der Waals surface area contributed by atoms with E-state index in [9.17, 15) is 0 Å². The third kappa shape index (κ3) is 4.33. The van der Waals surface area contributed by atoms with Crippen molar-refractivity contribution >= 4 is 54.3 Å². The smallest absolute Gasteiger partial charge is 0.143 e. The quantitative estimate of drug-likeness (QED) is 0.178. The lowest BCUT2D eigenvalue weighted by molar-refractivity contribution is 0.673. The maximum absolute atomic E-state index is 6.55. The van der Waals surface area contributed by atoms with Crippen LogP contribution in [0.4, 0.5) is 0 Å². The van der Waals surface area contributed by atoms with Crippen LogP contribution in [0.3, 0.4) is 0 Å². The van der Waals surface area contributed by atoms with Gasteiger partial charge in [-0.3, -0.25) is 0 Å². The maximum atomic E-state index is 6.55. The van der Waals surface area contributed by atoms with Crippen molar-refractivity contribution in [3.05, 3.63) is 182 Å². The molecule has 0 amide bonds. The zero-order valence-electron chi connectivity index (χ0n) is 26.7. The highest BCUT2D eigenvalue weighted by Crippen LogP contribution is 2.47. The average Bonchev–Trinajstić information content (AvgIpc) is 3.57. The van der Waals surface area contributed by atoms with Gasteiger partial charge in [-0.1, -0.05) is 164 Å². The number of hydrogen-bond donors (Lipinski definition) is 0. The Morgan fingerprint density at radius 2 is 0.857 bits per heavy atom. The fraction of sp³-hybridized carbons (Fsp3) is 0. The van der Waals surface area contributed by atoms with Crippen molar-refractivity contribution in [1.29, 1.82) is 0 Å². The van der Waals surface area contributed by atoms with Crippen LogP contribution in [-0.4, -0.2) is 0 Å². The second-order valence-electron chi connectivity index (χ2n) is 12.8. The first-order valence-corrected chi connectivity index (χ1v) is 16.9. The lowest BCUT2D eigenvalue weighted by atomic mass is 9.83. The summed E-state index contributed by atoms with van der Waals surface area (Å²) in [5, 5.41) is 9.62. The number of furan rings is 1. The van der Waals surface area contributed by atoms with Crippen molar-refractivity contribution in [2.24, 2.45) is 0 Å². The van der Waals surface area contributed by atoms with Crippen molar-refractivity contribution in [3.8, 4) is 44.5 Å². The fourth-order valence-electron chi connectivity index (χ4n) is 7.94. The van der Waals surface area contributed by atoms with Gasteiger partial charge in [0.15, 0.2) is 0 Å². The molecule has 0 saturated heterocycles. The van der Waals surface area contributed by atoms with Gasteiger partial charge in [0.05, 0.1) is 0 Å². The van der Waals surface area contributed by atoms with Crippen LogP contribution >= 0.6 is 0 Å². The standard InChI is InChI=1S/C48H30O/c1-2-14-31(15-3-1)35-19-6-7-21-38(35)46-41-24-10-8-22-39(41)45(40-23-9-11-25-42(40)46)34-18-12-17-33(30-34)36-26-13-27-44-47(36)43-29-28-32-16-4-5-20-37(32)48(43)49-44/h1-30H. The predicted octanol–water partition coefficient (Wildman–Crippen LogP) is 13.7. The highest BCUT2D eigenvalue weighted by molar-refractivity contribution is 6.23. The Balaban J connectivity index is 1.23. The summed E-state index contributed by atoms with van der Waals surface area (Å²) in [5.74, 6) is 0. The summed E-state index contributed by atoms with van der Waals surface area (Å²) in [4.78, 5) is 0. The van der Waals surface area contributed by atoms with Gasteiger partial charge in [-0.2, -0.15) is 0 Å². The van der Waals surface area contributed by atoms with E-state index in [0.717, 1.165) is 27.3 Å². The molecule has 49 heavy (non-hydrogen) atoms. The summed E-state index contributed by atoms with van der Waals surface area (Å²) in [7, 11) is 0. The zero-order chi connectivity index (χ0) is 32.3. The molecule has 0 unspecified atom stereocenters. The third-order valence-electron chi connectivity index (χ3n) is 10.1. The minimum absolute atomic E-state index is 0.909. The molecule has 9 aromatic carbocycles. The average molecular weight is 623 g/mol. The van der Waals surface area contributed by atoms with Gasteiger partial charge >= 0.3 is 0 Å². The first-order valence-electron chi connectivity index (χ1n) is 16.9. The second-order valence-corrected chi connectivity index (χ2v) is 12.8. The van der Waals surface area contributed by atoms with Crippen LogP contribution in [0.5, 0.6) is 0 Å². The largest absolute Gasteiger partial charge is 0.455 e. The summed E-state index contributed by atoms with van der Waals surface area (Å²) in [6.07, 6.45) is 0. The van der Waals surface area contributed by atoms with Gasteiger partial charge in [-0.05, 0) is 89.6 Å². The van der Waals surface area contributed by atoms with E-state index in [1.54, 1.807) is 0 Å². The maximum Gasteiger partial charge on any atom is 0.143 e. The molecular formula is C48H30O. The van der Waals surface area contributed by atoms with Gasteiger partial charge in [-0.15, -0.1) is 0 Å². The van der Waals surface area contributed by atoms with Crippen molar-refractivity contribution in [2.45, 2.75) is 0 Å². The first kappa shape index (κ1) is 27.7. The molecule has 0 fully saturated rings. The number of benzene rings is 9. The zero-order valence-corrected chi connectivity index (χ0v) is 26.7. The summed E-state index contributed by atoms with van der Waals surface area (Å²) in [6.45, 7) is 0. The Hall–Kier alpha value is -6.44. The number of hydrogen-bond acceptors (Lipinski definition) is 1. The van der Waals surface area contributed by atoms with E-state index in [2.05, 4.69) is 182 Å². The van der Waals surface area contributed by atoms with E-state index in [1.165, 1.54) is 71.4 Å². The van der Waals surface area contributed by atoms with Crippen LogP contribution in [0.25, 0.3) is 98.8 Å². The molecule has 1 nitrogen and oxygen atoms in total. The van der Waals surface area contributed by atoms with Crippen molar-refractivity contribution in [2.75, 3.05) is 0 Å². The van der Waals surface area contributed by atoms with Crippen LogP contribution < -0.4 is 0 Å². The van der Waals surface area contributed by atoms with E-state index < -0.39 is 0 Å². The highest BCUT2D eigenvalue weighted by Gasteiger charge is 2.20. The third-order valence-corrected chi connectivity index (χ3v) is 10.1. The van der Waals surface area contributed by atoms with Gasteiger partial charge in [-0.25, -0.2) is 0 Å². The van der Waals surface area contributed by atoms with Gasteiger partial charge in [0.1, 0.15) is 11.2 Å². The summed E-state index contributed by atoms with van der Waals surface area (Å²) >= 11 is 0. The molecule has 1 aromatic heterocycles. The molecule has 1 heterocycles. The molecule has 0 saturated carbocycles. The van der Waals surface area contributed by atoms with Crippen LogP contribution in [0.2, 0.25) is 0 Å². The van der Waals surface area contributed by atoms with E-state index in [1.807, 2.05) is 0 Å². The normalized spacial score (nSPS) is 11.7. The monoisotopic (exact) mass is 622 g/mol. The highest BCUT2D eigenvalue weighted by atomic mass is 16.3. The van der Waals surface area contributed by atoms with E-state index in [-0.39, 0.29) is 0 Å². The number of rotatable bonds is 4. The molecule has 0 aliphatic rings. The van der Waals surface area contributed by atoms with E-state index in [0.29, 0.717) is 0 Å². The minimum Gasteiger partial charge on any atom is -0.455 e. The lowest BCUT2D eigenvalue weighted by Gasteiger charge is -2.20. The van der Waals surface area contributed by atoms with E-state index in [4.69, 9.17) is 4.42 Å². The molecule has 228 valence electrons. The Bertz CT molecular complexity index is 2820. The van der Waals surface area contributed by atoms with Gasteiger partial charge < -0.3 is 4.42 Å². The topological polar surface area (TPSA) is 13.1 Å². The van der Waals surface area contributed by atoms with Gasteiger partial charge in [0, 0.05) is 16.2 Å². The molecule has 1 heteroatoms. The molecule has 10 aromatic rings. The molecule has 0 aliphatic carbocycles. The first-order chi connectivity index (χ1) is 24.3. The summed E-state index contributed by atoms with van der Waals surface area (Å²) in [5.41, 5.74) is 11.6. The Morgan fingerprint density at radius 3 is 1.61 bits per heavy atom. The fourth-order valence-corrected chi connectivity index (χ4v) is 7.94. The second kappa shape index (κ2) is 11.1. The van der Waals surface area contributed by atoms with Crippen molar-refractivity contribution in [3.63, 3.8) is 0 Å². The van der Waals surface area contributed by atoms with Gasteiger partial charge in [0.2, 0.25) is 0 Å². The Labute approximate surface area is 284 Å². The van der Waals surface area contributed by atoms with Gasteiger partial charge in [0.25, 0.3) is 0 Å². The summed E-state index contributed by atoms with van der Waals surface area (Å²) < 4.78 is 6.55. The van der Waals surface area contributed by atoms with Crippen LogP contribution in [0.15, 0.2) is 186 Å². The van der Waals surface area contributed by atoms with Crippen molar-refractivity contribution < 1.29 is 4.42 Å². The Morgan fingerprint density at radius 1 is 0.306 bits per heavy atom. The Kier molecular flexibility index (Phi) is 6.25. The molecule has 0 N–H and O–H groups in total. The number of fused-ring (bicyclic) bond motifs is 7. The SMILES string of the molecule is c1ccc(-c2ccccc2-c2c3ccccc3c(-c3cccc(-c4cccc5oc6c7ccccc7ccc6c45)c3)c3ccccc23)cc1. The molecule has 0 aliphatic heterocycles. The van der Waals surface area contributed by atoms with Crippen LogP contribution in [0, 0.1) is 0 Å².